The molecule has 1 nitrogen and oxygen atoms in total. The maximum atomic E-state index is 3.78. The van der Waals surface area contributed by atoms with Crippen molar-refractivity contribution in [2.45, 2.75) is 0 Å². The Balaban J connectivity index is 4.04. The van der Waals surface area contributed by atoms with Gasteiger partial charge in [-0.25, -0.2) is 0 Å². The van der Waals surface area contributed by atoms with Gasteiger partial charge < -0.3 is 4.90 Å². The lowest BCUT2D eigenvalue weighted by atomic mass is 10.2. The highest BCUT2D eigenvalue weighted by Gasteiger charge is 1.95. The summed E-state index contributed by atoms with van der Waals surface area (Å²) in [5, 5.41) is 0. The molecule has 0 unspecified atom stereocenters. The van der Waals surface area contributed by atoms with Crippen molar-refractivity contribution >= 4 is 0 Å². The largest absolute Gasteiger partial charge is 0.378 e. The fraction of sp³-hybridized carbons (Fsp3) is 0.250. The molecule has 0 spiro atoms. The molecular weight excluding hydrogens is 110 g/mol. The predicted octanol–water partition coefficient (Wildman–Crippen LogP) is 1.80. The first kappa shape index (κ1) is 8.02. The van der Waals surface area contributed by atoms with Crippen molar-refractivity contribution in [3.05, 3.63) is 37.1 Å². The molecule has 1 heteroatoms. The third-order valence-electron chi connectivity index (χ3n) is 1.16. The molecule has 0 bridgehead atoms. The van der Waals surface area contributed by atoms with Gasteiger partial charge in [0.2, 0.25) is 0 Å². The van der Waals surface area contributed by atoms with Gasteiger partial charge in [0.05, 0.1) is 0 Å². The van der Waals surface area contributed by atoms with Crippen LogP contribution in [-0.4, -0.2) is 19.0 Å². The highest BCUT2D eigenvalue weighted by molar-refractivity contribution is 5.32. The second-order valence-corrected chi connectivity index (χ2v) is 2.07. The van der Waals surface area contributed by atoms with E-state index in [2.05, 4.69) is 19.7 Å². The van der Waals surface area contributed by atoms with E-state index < -0.39 is 0 Å². The summed E-state index contributed by atoms with van der Waals surface area (Å²) in [7, 11) is 3.86. The Morgan fingerprint density at radius 3 is 1.89 bits per heavy atom. The number of likely N-dealkylation sites (N-methyl/N-ethyl adjacent to an activating group) is 1. The number of rotatable bonds is 3. The number of hydrogen-bond donors (Lipinski definition) is 0. The molecule has 0 rings (SSSR count). The summed E-state index contributed by atoms with van der Waals surface area (Å²) >= 11 is 0. The van der Waals surface area contributed by atoms with Crippen LogP contribution in [0.5, 0.6) is 0 Å². The highest BCUT2D eigenvalue weighted by Crippen LogP contribution is 2.06. The third kappa shape index (κ3) is 2.17. The van der Waals surface area contributed by atoms with Crippen LogP contribution in [0.2, 0.25) is 0 Å². The zero-order valence-corrected chi connectivity index (χ0v) is 6.15. The fourth-order valence-electron chi connectivity index (χ4n) is 0.405. The van der Waals surface area contributed by atoms with Gasteiger partial charge in [-0.15, -0.1) is 0 Å². The van der Waals surface area contributed by atoms with E-state index in [-0.39, 0.29) is 0 Å². The smallest absolute Gasteiger partial charge is 0.0355 e. The Kier molecular flexibility index (Phi) is 2.79. The van der Waals surface area contributed by atoms with Crippen LogP contribution >= 0.6 is 0 Å². The molecule has 0 radical (unpaired) electrons. The average molecular weight is 123 g/mol. The van der Waals surface area contributed by atoms with Crippen molar-refractivity contribution in [2.24, 2.45) is 0 Å². The molecule has 0 atom stereocenters. The van der Waals surface area contributed by atoms with Crippen molar-refractivity contribution in [3.8, 4) is 0 Å². The van der Waals surface area contributed by atoms with E-state index in [0.717, 1.165) is 11.3 Å². The van der Waals surface area contributed by atoms with Crippen LogP contribution in [-0.2, 0) is 0 Å². The van der Waals surface area contributed by atoms with E-state index in [0.29, 0.717) is 0 Å². The normalized spacial score (nSPS) is 8.22. The maximum Gasteiger partial charge on any atom is 0.0355 e. The van der Waals surface area contributed by atoms with Gasteiger partial charge in [0.15, 0.2) is 0 Å². The lowest BCUT2D eigenvalue weighted by molar-refractivity contribution is 0.527. The summed E-state index contributed by atoms with van der Waals surface area (Å²) < 4.78 is 0. The summed E-state index contributed by atoms with van der Waals surface area (Å²) in [5.41, 5.74) is 1.78. The van der Waals surface area contributed by atoms with E-state index in [4.69, 9.17) is 0 Å². The molecule has 9 heavy (non-hydrogen) atoms. The third-order valence-corrected chi connectivity index (χ3v) is 1.16. The Hall–Kier alpha value is -0.980. The molecule has 0 aromatic carbocycles. The highest BCUT2D eigenvalue weighted by atomic mass is 15.1. The lowest BCUT2D eigenvalue weighted by Crippen LogP contribution is -2.10. The molecule has 0 aliphatic carbocycles. The van der Waals surface area contributed by atoms with Gasteiger partial charge >= 0.3 is 0 Å². The minimum Gasteiger partial charge on any atom is -0.378 e. The molecule has 0 heterocycles. The Morgan fingerprint density at radius 1 is 1.33 bits per heavy atom. The maximum absolute atomic E-state index is 3.78. The summed E-state index contributed by atoms with van der Waals surface area (Å²) in [6, 6.07) is 0. The molecule has 0 aliphatic heterocycles. The SMILES string of the molecule is C=CC(=C)C(=C)N(C)C. The van der Waals surface area contributed by atoms with Crippen LogP contribution in [0.4, 0.5) is 0 Å². The second-order valence-electron chi connectivity index (χ2n) is 2.07. The van der Waals surface area contributed by atoms with Gasteiger partial charge in [-0.05, 0) is 5.57 Å². The van der Waals surface area contributed by atoms with Crippen LogP contribution in [0, 0.1) is 0 Å². The van der Waals surface area contributed by atoms with E-state index in [1.165, 1.54) is 0 Å². The standard InChI is InChI=1S/C8H13N/c1-6-7(2)8(3)9(4)5/h6H,1-3H2,4-5H3. The number of hydrogen-bond acceptors (Lipinski definition) is 1. The van der Waals surface area contributed by atoms with E-state index in [9.17, 15) is 0 Å². The van der Waals surface area contributed by atoms with E-state index in [1.54, 1.807) is 6.08 Å². The Bertz CT molecular complexity index is 143. The van der Waals surface area contributed by atoms with E-state index in [1.807, 2.05) is 19.0 Å². The molecular formula is C8H13N. The minimum atomic E-state index is 0.875. The van der Waals surface area contributed by atoms with Gasteiger partial charge in [-0.1, -0.05) is 25.8 Å². The molecule has 0 saturated carbocycles. The van der Waals surface area contributed by atoms with Gasteiger partial charge in [-0.2, -0.15) is 0 Å². The summed E-state index contributed by atoms with van der Waals surface area (Å²) in [4.78, 5) is 1.91. The quantitative estimate of drug-likeness (QED) is 0.517. The second kappa shape index (κ2) is 3.13. The molecule has 0 N–H and O–H groups in total. The van der Waals surface area contributed by atoms with Crippen molar-refractivity contribution in [1.82, 2.24) is 4.90 Å². The average Bonchev–Trinajstić information content (AvgIpc) is 1.84. The van der Waals surface area contributed by atoms with Crippen LogP contribution in [0.15, 0.2) is 37.1 Å². The van der Waals surface area contributed by atoms with Gasteiger partial charge in [-0.3, -0.25) is 0 Å². The van der Waals surface area contributed by atoms with Gasteiger partial charge in [0.1, 0.15) is 0 Å². The van der Waals surface area contributed by atoms with Crippen molar-refractivity contribution in [2.75, 3.05) is 14.1 Å². The molecule has 0 aromatic rings. The topological polar surface area (TPSA) is 3.24 Å². The van der Waals surface area contributed by atoms with Crippen LogP contribution in [0.25, 0.3) is 0 Å². The zero-order chi connectivity index (χ0) is 7.44. The molecule has 0 fully saturated rings. The Labute approximate surface area is 57.0 Å². The van der Waals surface area contributed by atoms with Gasteiger partial charge in [0, 0.05) is 19.8 Å². The first-order chi connectivity index (χ1) is 4.09. The summed E-state index contributed by atoms with van der Waals surface area (Å²) in [6.45, 7) is 11.1. The van der Waals surface area contributed by atoms with Crippen molar-refractivity contribution in [3.63, 3.8) is 0 Å². The number of nitrogens with zero attached hydrogens (tertiary/aromatic N) is 1. The minimum absolute atomic E-state index is 0.875. The predicted molar refractivity (Wildman–Crippen MR) is 42.2 cm³/mol. The molecule has 0 amide bonds. The first-order valence-corrected chi connectivity index (χ1v) is 2.77. The molecule has 0 aromatic heterocycles. The summed E-state index contributed by atoms with van der Waals surface area (Å²) in [6.07, 6.45) is 1.70. The van der Waals surface area contributed by atoms with Crippen LogP contribution < -0.4 is 0 Å². The van der Waals surface area contributed by atoms with E-state index >= 15 is 0 Å². The lowest BCUT2D eigenvalue weighted by Gasteiger charge is -2.14. The molecule has 0 aliphatic rings. The van der Waals surface area contributed by atoms with Crippen molar-refractivity contribution in [1.29, 1.82) is 0 Å². The zero-order valence-electron chi connectivity index (χ0n) is 6.15. The first-order valence-electron chi connectivity index (χ1n) is 2.77. The van der Waals surface area contributed by atoms with Crippen LogP contribution in [0.1, 0.15) is 0 Å². The summed E-state index contributed by atoms with van der Waals surface area (Å²) in [5.74, 6) is 0. The molecule has 0 saturated heterocycles. The van der Waals surface area contributed by atoms with Gasteiger partial charge in [0.25, 0.3) is 0 Å². The van der Waals surface area contributed by atoms with Crippen LogP contribution in [0.3, 0.4) is 0 Å². The molecule has 50 valence electrons. The monoisotopic (exact) mass is 123 g/mol. The van der Waals surface area contributed by atoms with Crippen molar-refractivity contribution < 1.29 is 0 Å². The number of allylic oxidation sites excluding steroid dienone is 1. The Morgan fingerprint density at radius 2 is 1.78 bits per heavy atom. The fourth-order valence-corrected chi connectivity index (χ4v) is 0.405.